The highest BCUT2D eigenvalue weighted by atomic mass is 32.2. The summed E-state index contributed by atoms with van der Waals surface area (Å²) in [5.41, 5.74) is 0. The molecule has 0 bridgehead atoms. The van der Waals surface area contributed by atoms with Gasteiger partial charge in [-0.1, -0.05) is 0 Å². The van der Waals surface area contributed by atoms with Gasteiger partial charge in [0.25, 0.3) is 0 Å². The van der Waals surface area contributed by atoms with E-state index in [0.717, 1.165) is 0 Å². The maximum atomic E-state index is 11.3. The van der Waals surface area contributed by atoms with Crippen LogP contribution in [0.4, 0.5) is 0 Å². The Bertz CT molecular complexity index is 390. The van der Waals surface area contributed by atoms with Crippen molar-refractivity contribution in [3.05, 3.63) is 0 Å². The third-order valence-corrected chi connectivity index (χ3v) is 3.88. The Morgan fingerprint density at radius 2 is 1.94 bits per heavy atom. The van der Waals surface area contributed by atoms with Gasteiger partial charge >= 0.3 is 5.97 Å². The van der Waals surface area contributed by atoms with Crippen LogP contribution in [-0.2, 0) is 14.8 Å². The number of carboxylic acid groups (broad SMARTS) is 1. The third kappa shape index (κ3) is 3.79. The van der Waals surface area contributed by atoms with Gasteiger partial charge < -0.3 is 5.11 Å². The molecule has 0 aliphatic heterocycles. The molecular weight excluding hydrogens is 232 g/mol. The first-order chi connectivity index (χ1) is 7.44. The van der Waals surface area contributed by atoms with Crippen molar-refractivity contribution in [3.63, 3.8) is 0 Å². The number of nitrogens with one attached hydrogen (secondary N) is 1. The SMILES string of the molecule is N#CCS(=O)(=O)NC1CCC(C(=O)O)CC1. The molecule has 0 unspecified atom stereocenters. The van der Waals surface area contributed by atoms with Gasteiger partial charge in [-0.15, -0.1) is 0 Å². The molecule has 0 aromatic carbocycles. The number of hydrogen-bond acceptors (Lipinski definition) is 4. The minimum Gasteiger partial charge on any atom is -0.481 e. The molecule has 1 fully saturated rings. The van der Waals surface area contributed by atoms with Gasteiger partial charge in [-0.25, -0.2) is 13.1 Å². The van der Waals surface area contributed by atoms with E-state index in [2.05, 4.69) is 4.72 Å². The molecule has 1 aliphatic rings. The molecule has 0 radical (unpaired) electrons. The van der Waals surface area contributed by atoms with Gasteiger partial charge in [-0.05, 0) is 25.7 Å². The minimum atomic E-state index is -3.53. The summed E-state index contributed by atoms with van der Waals surface area (Å²) in [4.78, 5) is 10.7. The molecule has 2 N–H and O–H groups in total. The van der Waals surface area contributed by atoms with Crippen LogP contribution in [0, 0.1) is 17.2 Å². The van der Waals surface area contributed by atoms with Crippen molar-refractivity contribution in [2.75, 3.05) is 5.75 Å². The summed E-state index contributed by atoms with van der Waals surface area (Å²) in [6, 6.07) is 1.35. The highest BCUT2D eigenvalue weighted by molar-refractivity contribution is 7.89. The minimum absolute atomic E-state index is 0.228. The molecule has 0 atom stereocenters. The number of nitriles is 1. The Morgan fingerprint density at radius 3 is 2.38 bits per heavy atom. The number of nitrogens with zero attached hydrogens (tertiary/aromatic N) is 1. The molecule has 0 spiro atoms. The van der Waals surface area contributed by atoms with Crippen molar-refractivity contribution in [2.24, 2.45) is 5.92 Å². The lowest BCUT2D eigenvalue weighted by atomic mass is 9.87. The topological polar surface area (TPSA) is 107 Å². The number of sulfonamides is 1. The zero-order valence-electron chi connectivity index (χ0n) is 8.72. The van der Waals surface area contributed by atoms with E-state index in [9.17, 15) is 13.2 Å². The molecule has 0 aromatic heterocycles. The van der Waals surface area contributed by atoms with Crippen molar-refractivity contribution >= 4 is 16.0 Å². The van der Waals surface area contributed by atoms with Crippen LogP contribution in [0.15, 0.2) is 0 Å². The molecule has 16 heavy (non-hydrogen) atoms. The number of carbonyl (C=O) groups is 1. The predicted octanol–water partition coefficient (Wildman–Crippen LogP) is 0.0728. The molecule has 0 heterocycles. The molecule has 90 valence electrons. The fourth-order valence-electron chi connectivity index (χ4n) is 1.84. The Balaban J connectivity index is 2.44. The Labute approximate surface area is 94.3 Å². The third-order valence-electron chi connectivity index (χ3n) is 2.68. The van der Waals surface area contributed by atoms with Crippen LogP contribution >= 0.6 is 0 Å². The predicted molar refractivity (Wildman–Crippen MR) is 55.9 cm³/mol. The Hall–Kier alpha value is -1.13. The Morgan fingerprint density at radius 1 is 1.38 bits per heavy atom. The van der Waals surface area contributed by atoms with E-state index in [4.69, 9.17) is 10.4 Å². The molecular formula is C9H14N2O4S. The van der Waals surface area contributed by atoms with Crippen molar-refractivity contribution in [1.82, 2.24) is 4.72 Å². The molecule has 7 heteroatoms. The van der Waals surface area contributed by atoms with Gasteiger partial charge in [-0.2, -0.15) is 5.26 Å². The van der Waals surface area contributed by atoms with Crippen LogP contribution in [0.25, 0.3) is 0 Å². The summed E-state index contributed by atoms with van der Waals surface area (Å²) in [7, 11) is -3.53. The van der Waals surface area contributed by atoms with E-state index >= 15 is 0 Å². The largest absolute Gasteiger partial charge is 0.481 e. The maximum absolute atomic E-state index is 11.3. The first-order valence-electron chi connectivity index (χ1n) is 5.04. The lowest BCUT2D eigenvalue weighted by Gasteiger charge is -2.26. The highest BCUT2D eigenvalue weighted by Crippen LogP contribution is 2.24. The van der Waals surface area contributed by atoms with Crippen LogP contribution < -0.4 is 4.72 Å². The molecule has 0 aromatic rings. The highest BCUT2D eigenvalue weighted by Gasteiger charge is 2.28. The van der Waals surface area contributed by atoms with Crippen molar-refractivity contribution < 1.29 is 18.3 Å². The quantitative estimate of drug-likeness (QED) is 0.730. The molecule has 1 saturated carbocycles. The number of aliphatic carboxylic acids is 1. The van der Waals surface area contributed by atoms with Crippen LogP contribution in [-0.4, -0.2) is 31.3 Å². The average Bonchev–Trinajstić information content (AvgIpc) is 2.17. The lowest BCUT2D eigenvalue weighted by Crippen LogP contribution is -2.39. The smallest absolute Gasteiger partial charge is 0.306 e. The monoisotopic (exact) mass is 246 g/mol. The van der Waals surface area contributed by atoms with Crippen molar-refractivity contribution in [1.29, 1.82) is 5.26 Å². The van der Waals surface area contributed by atoms with Crippen LogP contribution in [0.1, 0.15) is 25.7 Å². The second kappa shape index (κ2) is 5.27. The number of hydrogen-bond donors (Lipinski definition) is 2. The fourth-order valence-corrected chi connectivity index (χ4v) is 2.84. The molecule has 0 saturated heterocycles. The van der Waals surface area contributed by atoms with Gasteiger partial charge in [0.15, 0.2) is 5.75 Å². The fraction of sp³-hybridized carbons (Fsp3) is 0.778. The summed E-state index contributed by atoms with van der Waals surface area (Å²) in [6.07, 6.45) is 1.99. The van der Waals surface area contributed by atoms with Gasteiger partial charge in [0.1, 0.15) is 0 Å². The second-order valence-corrected chi connectivity index (χ2v) is 5.68. The van der Waals surface area contributed by atoms with Gasteiger partial charge in [0, 0.05) is 6.04 Å². The second-order valence-electron chi connectivity index (χ2n) is 3.92. The van der Waals surface area contributed by atoms with Crippen molar-refractivity contribution in [3.8, 4) is 6.07 Å². The molecule has 0 amide bonds. The van der Waals surface area contributed by atoms with Crippen LogP contribution in [0.5, 0.6) is 0 Å². The number of rotatable bonds is 4. The van der Waals surface area contributed by atoms with Crippen LogP contribution in [0.2, 0.25) is 0 Å². The summed E-state index contributed by atoms with van der Waals surface area (Å²) < 4.78 is 24.9. The van der Waals surface area contributed by atoms with Gasteiger partial charge in [0.2, 0.25) is 10.0 Å². The molecule has 6 nitrogen and oxygen atoms in total. The normalized spacial score (nSPS) is 25.9. The Kier molecular flexibility index (Phi) is 4.26. The van der Waals surface area contributed by atoms with Gasteiger partial charge in [-0.3, -0.25) is 4.79 Å². The molecule has 1 aliphatic carbocycles. The summed E-state index contributed by atoms with van der Waals surface area (Å²) in [5, 5.41) is 17.1. The first kappa shape index (κ1) is 12.9. The van der Waals surface area contributed by atoms with E-state index in [1.165, 1.54) is 0 Å². The average molecular weight is 246 g/mol. The van der Waals surface area contributed by atoms with E-state index in [-0.39, 0.29) is 12.0 Å². The summed E-state index contributed by atoms with van der Waals surface area (Å²) >= 11 is 0. The zero-order chi connectivity index (χ0) is 12.2. The summed E-state index contributed by atoms with van der Waals surface area (Å²) in [6.45, 7) is 0. The van der Waals surface area contributed by atoms with E-state index < -0.39 is 21.7 Å². The van der Waals surface area contributed by atoms with E-state index in [0.29, 0.717) is 25.7 Å². The van der Waals surface area contributed by atoms with Gasteiger partial charge in [0.05, 0.1) is 12.0 Å². The van der Waals surface area contributed by atoms with E-state index in [1.54, 1.807) is 6.07 Å². The van der Waals surface area contributed by atoms with E-state index in [1.807, 2.05) is 0 Å². The van der Waals surface area contributed by atoms with Crippen LogP contribution in [0.3, 0.4) is 0 Å². The zero-order valence-corrected chi connectivity index (χ0v) is 9.53. The standard InChI is InChI=1S/C9H14N2O4S/c10-5-6-16(14,15)11-8-3-1-7(2-4-8)9(12)13/h7-8,11H,1-4,6H2,(H,12,13). The number of carboxylic acids is 1. The summed E-state index contributed by atoms with van der Waals surface area (Å²) in [5.74, 6) is -1.73. The van der Waals surface area contributed by atoms with Crippen molar-refractivity contribution in [2.45, 2.75) is 31.7 Å². The lowest BCUT2D eigenvalue weighted by molar-refractivity contribution is -0.142. The maximum Gasteiger partial charge on any atom is 0.306 e. The molecule has 1 rings (SSSR count). The first-order valence-corrected chi connectivity index (χ1v) is 6.69.